The maximum Gasteiger partial charge on any atom is 0.279 e. The summed E-state index contributed by atoms with van der Waals surface area (Å²) in [5.41, 5.74) is 5.50. The van der Waals surface area contributed by atoms with Gasteiger partial charge >= 0.3 is 0 Å². The second kappa shape index (κ2) is 8.68. The number of nitrogens with one attached hydrogen (secondary N) is 2. The summed E-state index contributed by atoms with van der Waals surface area (Å²) < 4.78 is 23.5. The van der Waals surface area contributed by atoms with Gasteiger partial charge in [0, 0.05) is 0 Å². The van der Waals surface area contributed by atoms with Crippen LogP contribution in [0, 0.1) is 12.7 Å². The molecule has 6 nitrogen and oxygen atoms in total. The van der Waals surface area contributed by atoms with Crippen LogP contribution in [-0.2, 0) is 9.59 Å². The SMILES string of the molecule is Cc1cccc(OCC(=O)NNC(=O)[C@@H](C)Oc2ccc(F)cc2)c1. The third kappa shape index (κ3) is 6.14. The van der Waals surface area contributed by atoms with E-state index in [1.807, 2.05) is 19.1 Å². The fourth-order valence-electron chi connectivity index (χ4n) is 1.89. The van der Waals surface area contributed by atoms with Gasteiger partial charge in [-0.05, 0) is 55.8 Å². The summed E-state index contributed by atoms with van der Waals surface area (Å²) >= 11 is 0. The third-order valence-corrected chi connectivity index (χ3v) is 3.18. The molecule has 2 aromatic rings. The molecule has 2 amide bonds. The quantitative estimate of drug-likeness (QED) is 0.786. The molecule has 2 N–H and O–H groups in total. The molecule has 2 rings (SSSR count). The van der Waals surface area contributed by atoms with E-state index in [2.05, 4.69) is 10.9 Å². The zero-order valence-corrected chi connectivity index (χ0v) is 13.9. The first-order valence-corrected chi connectivity index (χ1v) is 7.64. The van der Waals surface area contributed by atoms with Gasteiger partial charge in [0.25, 0.3) is 11.8 Å². The highest BCUT2D eigenvalue weighted by atomic mass is 19.1. The monoisotopic (exact) mass is 346 g/mol. The molecule has 25 heavy (non-hydrogen) atoms. The smallest absolute Gasteiger partial charge is 0.279 e. The van der Waals surface area contributed by atoms with Gasteiger partial charge in [-0.1, -0.05) is 12.1 Å². The van der Waals surface area contributed by atoms with Crippen LogP contribution >= 0.6 is 0 Å². The van der Waals surface area contributed by atoms with Crippen molar-refractivity contribution in [3.8, 4) is 11.5 Å². The Balaban J connectivity index is 1.72. The molecule has 0 aliphatic rings. The van der Waals surface area contributed by atoms with Gasteiger partial charge < -0.3 is 9.47 Å². The molecule has 0 bridgehead atoms. The number of carbonyl (C=O) groups is 2. The number of hydrogen-bond donors (Lipinski definition) is 2. The van der Waals surface area contributed by atoms with Crippen LogP contribution in [0.25, 0.3) is 0 Å². The lowest BCUT2D eigenvalue weighted by molar-refractivity contribution is -0.133. The van der Waals surface area contributed by atoms with Crippen molar-refractivity contribution in [2.45, 2.75) is 20.0 Å². The van der Waals surface area contributed by atoms with Crippen LogP contribution in [0.4, 0.5) is 4.39 Å². The highest BCUT2D eigenvalue weighted by molar-refractivity contribution is 5.85. The summed E-state index contributed by atoms with van der Waals surface area (Å²) in [7, 11) is 0. The van der Waals surface area contributed by atoms with Crippen LogP contribution in [0.2, 0.25) is 0 Å². The molecule has 0 fully saturated rings. The summed E-state index contributed by atoms with van der Waals surface area (Å²) in [4.78, 5) is 23.6. The van der Waals surface area contributed by atoms with Crippen LogP contribution in [0.3, 0.4) is 0 Å². The van der Waals surface area contributed by atoms with Crippen LogP contribution in [0.1, 0.15) is 12.5 Å². The van der Waals surface area contributed by atoms with Gasteiger partial charge in [0.2, 0.25) is 0 Å². The molecule has 132 valence electrons. The highest BCUT2D eigenvalue weighted by Gasteiger charge is 2.15. The van der Waals surface area contributed by atoms with Crippen LogP contribution in [0.15, 0.2) is 48.5 Å². The van der Waals surface area contributed by atoms with E-state index in [1.165, 1.54) is 31.2 Å². The number of carbonyl (C=O) groups excluding carboxylic acids is 2. The van der Waals surface area contributed by atoms with Gasteiger partial charge in [-0.15, -0.1) is 0 Å². The number of aryl methyl sites for hydroxylation is 1. The molecular formula is C18H19FN2O4. The van der Waals surface area contributed by atoms with E-state index in [9.17, 15) is 14.0 Å². The highest BCUT2D eigenvalue weighted by Crippen LogP contribution is 2.13. The van der Waals surface area contributed by atoms with Crippen molar-refractivity contribution < 1.29 is 23.5 Å². The number of rotatable bonds is 6. The largest absolute Gasteiger partial charge is 0.484 e. The summed E-state index contributed by atoms with van der Waals surface area (Å²) in [6.07, 6.45) is -0.872. The minimum Gasteiger partial charge on any atom is -0.484 e. The Morgan fingerprint density at radius 3 is 2.48 bits per heavy atom. The van der Waals surface area contributed by atoms with Crippen LogP contribution < -0.4 is 20.3 Å². The predicted molar refractivity (Wildman–Crippen MR) is 89.4 cm³/mol. The lowest BCUT2D eigenvalue weighted by Gasteiger charge is -2.15. The maximum atomic E-state index is 12.8. The first kappa shape index (κ1) is 18.3. The van der Waals surface area contributed by atoms with Crippen molar-refractivity contribution in [1.29, 1.82) is 0 Å². The summed E-state index contributed by atoms with van der Waals surface area (Å²) in [5.74, 6) is -0.546. The molecule has 7 heteroatoms. The zero-order valence-electron chi connectivity index (χ0n) is 13.9. The number of amides is 2. The van der Waals surface area contributed by atoms with Gasteiger partial charge in [0.05, 0.1) is 0 Å². The van der Waals surface area contributed by atoms with Gasteiger partial charge in [0.15, 0.2) is 12.7 Å². The molecule has 2 aromatic carbocycles. The lowest BCUT2D eigenvalue weighted by Crippen LogP contribution is -2.48. The van der Waals surface area contributed by atoms with Gasteiger partial charge in [-0.3, -0.25) is 20.4 Å². The van der Waals surface area contributed by atoms with Crippen LogP contribution in [0.5, 0.6) is 11.5 Å². The minimum atomic E-state index is -0.872. The topological polar surface area (TPSA) is 76.7 Å². The van der Waals surface area contributed by atoms with E-state index in [0.717, 1.165) is 5.56 Å². The molecule has 0 saturated carbocycles. The summed E-state index contributed by atoms with van der Waals surface area (Å²) in [5, 5.41) is 0. The Bertz CT molecular complexity index is 734. The van der Waals surface area contributed by atoms with Crippen molar-refractivity contribution in [2.75, 3.05) is 6.61 Å². The lowest BCUT2D eigenvalue weighted by atomic mass is 10.2. The molecule has 0 aliphatic carbocycles. The van der Waals surface area contributed by atoms with Crippen molar-refractivity contribution in [2.24, 2.45) is 0 Å². The molecule has 0 saturated heterocycles. The Labute approximate surface area is 144 Å². The van der Waals surface area contributed by atoms with E-state index < -0.39 is 23.7 Å². The average molecular weight is 346 g/mol. The number of halogens is 1. The Morgan fingerprint density at radius 1 is 1.08 bits per heavy atom. The second-order valence-corrected chi connectivity index (χ2v) is 5.36. The van der Waals surface area contributed by atoms with Crippen molar-refractivity contribution in [3.63, 3.8) is 0 Å². The van der Waals surface area contributed by atoms with E-state index >= 15 is 0 Å². The van der Waals surface area contributed by atoms with Crippen molar-refractivity contribution >= 4 is 11.8 Å². The summed E-state index contributed by atoms with van der Waals surface area (Å²) in [6.45, 7) is 3.18. The second-order valence-electron chi connectivity index (χ2n) is 5.36. The molecule has 0 radical (unpaired) electrons. The van der Waals surface area contributed by atoms with Crippen molar-refractivity contribution in [1.82, 2.24) is 10.9 Å². The third-order valence-electron chi connectivity index (χ3n) is 3.18. The zero-order chi connectivity index (χ0) is 18.2. The molecule has 0 spiro atoms. The molecule has 1 atom stereocenters. The van der Waals surface area contributed by atoms with E-state index in [-0.39, 0.29) is 6.61 Å². The van der Waals surface area contributed by atoms with Gasteiger partial charge in [0.1, 0.15) is 17.3 Å². The molecule has 0 unspecified atom stereocenters. The van der Waals surface area contributed by atoms with E-state index in [1.54, 1.807) is 12.1 Å². The van der Waals surface area contributed by atoms with Crippen LogP contribution in [-0.4, -0.2) is 24.5 Å². The molecule has 0 aliphatic heterocycles. The normalized spacial score (nSPS) is 11.3. The van der Waals surface area contributed by atoms with Crippen molar-refractivity contribution in [3.05, 3.63) is 59.9 Å². The van der Waals surface area contributed by atoms with Gasteiger partial charge in [-0.2, -0.15) is 0 Å². The first-order chi connectivity index (χ1) is 11.9. The van der Waals surface area contributed by atoms with E-state index in [0.29, 0.717) is 11.5 Å². The average Bonchev–Trinajstić information content (AvgIpc) is 2.60. The fraction of sp³-hybridized carbons (Fsp3) is 0.222. The number of hydrazine groups is 1. The number of ether oxygens (including phenoxy) is 2. The molecule has 0 aromatic heterocycles. The Kier molecular flexibility index (Phi) is 6.33. The molecule has 0 heterocycles. The summed E-state index contributed by atoms with van der Waals surface area (Å²) in [6, 6.07) is 12.5. The minimum absolute atomic E-state index is 0.239. The molecular weight excluding hydrogens is 327 g/mol. The Hall–Kier alpha value is -3.09. The number of benzene rings is 2. The fourth-order valence-corrected chi connectivity index (χ4v) is 1.89. The number of hydrogen-bond acceptors (Lipinski definition) is 4. The first-order valence-electron chi connectivity index (χ1n) is 7.64. The van der Waals surface area contributed by atoms with E-state index in [4.69, 9.17) is 9.47 Å². The standard InChI is InChI=1S/C18H19FN2O4/c1-12-4-3-5-16(10-12)24-11-17(22)20-21-18(23)13(2)25-15-8-6-14(19)7-9-15/h3-10,13H,11H2,1-2H3,(H,20,22)(H,21,23)/t13-/m1/s1. The predicted octanol–water partition coefficient (Wildman–Crippen LogP) is 2.13. The van der Waals surface area contributed by atoms with Gasteiger partial charge in [-0.25, -0.2) is 4.39 Å². The maximum absolute atomic E-state index is 12.8. The Morgan fingerprint density at radius 2 is 1.80 bits per heavy atom.